The SMILES string of the molecule is CCCCCn1c(COc2cccc(C)c2)nnc1S[C@@H]1O[C@H](COC(C)=O)[C@H](OC(C)=O)[C@H](OC(C)=O)[C@H]1NC(C)=O. The number of aromatic nitrogens is 3. The summed E-state index contributed by atoms with van der Waals surface area (Å²) in [6.45, 7) is 9.53. The summed E-state index contributed by atoms with van der Waals surface area (Å²) in [7, 11) is 0. The van der Waals surface area contributed by atoms with E-state index in [0.29, 0.717) is 23.3 Å². The molecule has 3 rings (SSSR count). The van der Waals surface area contributed by atoms with Gasteiger partial charge in [-0.1, -0.05) is 43.7 Å². The zero-order valence-electron chi connectivity index (χ0n) is 25.4. The number of hydrogen-bond acceptors (Lipinski definition) is 12. The minimum atomic E-state index is -1.17. The van der Waals surface area contributed by atoms with Crippen LogP contribution in [0.4, 0.5) is 0 Å². The minimum Gasteiger partial charge on any atom is -0.486 e. The molecule has 1 amide bonds. The predicted molar refractivity (Wildman–Crippen MR) is 155 cm³/mol. The van der Waals surface area contributed by atoms with Crippen LogP contribution < -0.4 is 10.1 Å². The average molecular weight is 621 g/mol. The monoisotopic (exact) mass is 620 g/mol. The first-order valence-electron chi connectivity index (χ1n) is 14.2. The van der Waals surface area contributed by atoms with Crippen molar-refractivity contribution in [2.45, 2.75) is 109 Å². The Bertz CT molecular complexity index is 1270. The number of nitrogens with one attached hydrogen (secondary N) is 1. The van der Waals surface area contributed by atoms with Crippen molar-refractivity contribution in [1.29, 1.82) is 0 Å². The quantitative estimate of drug-likeness (QED) is 0.187. The van der Waals surface area contributed by atoms with E-state index in [0.717, 1.165) is 36.6 Å². The first-order valence-corrected chi connectivity index (χ1v) is 15.0. The number of carbonyl (C=O) groups excluding carboxylic acids is 4. The minimum absolute atomic E-state index is 0.170. The Kier molecular flexibility index (Phi) is 12.8. The van der Waals surface area contributed by atoms with Gasteiger partial charge in [0, 0.05) is 34.2 Å². The maximum absolute atomic E-state index is 12.3. The van der Waals surface area contributed by atoms with Crippen LogP contribution in [-0.4, -0.2) is 75.0 Å². The Balaban J connectivity index is 1.97. The van der Waals surface area contributed by atoms with Gasteiger partial charge in [0.25, 0.3) is 0 Å². The zero-order valence-corrected chi connectivity index (χ0v) is 26.2. The van der Waals surface area contributed by atoms with Crippen LogP contribution in [0, 0.1) is 6.92 Å². The van der Waals surface area contributed by atoms with Crippen LogP contribution in [-0.2, 0) is 51.3 Å². The Morgan fingerprint density at radius 2 is 1.72 bits per heavy atom. The molecule has 5 atom stereocenters. The van der Waals surface area contributed by atoms with Gasteiger partial charge in [0.2, 0.25) is 5.91 Å². The van der Waals surface area contributed by atoms with E-state index >= 15 is 0 Å². The third kappa shape index (κ3) is 10.2. The molecule has 1 N–H and O–H groups in total. The molecule has 0 spiro atoms. The highest BCUT2D eigenvalue weighted by molar-refractivity contribution is 7.99. The van der Waals surface area contributed by atoms with E-state index in [4.69, 9.17) is 23.7 Å². The van der Waals surface area contributed by atoms with E-state index < -0.39 is 53.6 Å². The molecule has 1 aromatic carbocycles. The van der Waals surface area contributed by atoms with Gasteiger partial charge in [-0.2, -0.15) is 0 Å². The summed E-state index contributed by atoms with van der Waals surface area (Å²) in [5.74, 6) is -1.03. The van der Waals surface area contributed by atoms with Crippen molar-refractivity contribution >= 4 is 35.6 Å². The van der Waals surface area contributed by atoms with Crippen molar-refractivity contribution in [3.63, 3.8) is 0 Å². The number of amides is 1. The van der Waals surface area contributed by atoms with Crippen molar-refractivity contribution in [2.24, 2.45) is 0 Å². The average Bonchev–Trinajstić information content (AvgIpc) is 3.30. The van der Waals surface area contributed by atoms with Gasteiger partial charge in [0.15, 0.2) is 23.2 Å². The molecule has 14 heteroatoms. The molecule has 0 saturated carbocycles. The van der Waals surface area contributed by atoms with Crippen LogP contribution in [0.15, 0.2) is 29.4 Å². The Hall–Kier alpha value is -3.65. The van der Waals surface area contributed by atoms with E-state index in [1.165, 1.54) is 27.7 Å². The second-order valence-electron chi connectivity index (χ2n) is 10.2. The van der Waals surface area contributed by atoms with Crippen LogP contribution in [0.25, 0.3) is 0 Å². The molecule has 1 aliphatic heterocycles. The fraction of sp³-hybridized carbons (Fsp3) is 0.586. The van der Waals surface area contributed by atoms with Gasteiger partial charge in [0.1, 0.15) is 36.5 Å². The van der Waals surface area contributed by atoms with Crippen LogP contribution in [0.2, 0.25) is 0 Å². The molecule has 1 aromatic heterocycles. The molecule has 0 radical (unpaired) electrons. The van der Waals surface area contributed by atoms with Gasteiger partial charge < -0.3 is 33.6 Å². The molecule has 1 aliphatic rings. The van der Waals surface area contributed by atoms with Crippen molar-refractivity contribution in [1.82, 2.24) is 20.1 Å². The first-order chi connectivity index (χ1) is 20.5. The number of rotatable bonds is 14. The van der Waals surface area contributed by atoms with Crippen LogP contribution in [0.1, 0.15) is 65.3 Å². The second-order valence-corrected chi connectivity index (χ2v) is 11.3. The van der Waals surface area contributed by atoms with Gasteiger partial charge in [-0.15, -0.1) is 10.2 Å². The number of ether oxygens (including phenoxy) is 5. The number of esters is 3. The van der Waals surface area contributed by atoms with Crippen molar-refractivity contribution < 1.29 is 42.9 Å². The van der Waals surface area contributed by atoms with Gasteiger partial charge in [0.05, 0.1) is 0 Å². The van der Waals surface area contributed by atoms with Crippen LogP contribution >= 0.6 is 11.8 Å². The summed E-state index contributed by atoms with van der Waals surface area (Å²) in [6, 6.07) is 6.73. The molecule has 43 heavy (non-hydrogen) atoms. The topological polar surface area (TPSA) is 157 Å². The van der Waals surface area contributed by atoms with Crippen molar-refractivity contribution in [3.05, 3.63) is 35.7 Å². The third-order valence-corrected chi connectivity index (χ3v) is 7.58. The molecular formula is C29H40N4O9S. The van der Waals surface area contributed by atoms with Crippen LogP contribution in [0.5, 0.6) is 5.75 Å². The fourth-order valence-corrected chi connectivity index (χ4v) is 5.79. The number of thioether (sulfide) groups is 1. The first kappa shape index (κ1) is 33.8. The lowest BCUT2D eigenvalue weighted by Crippen LogP contribution is -2.65. The van der Waals surface area contributed by atoms with Crippen molar-refractivity contribution in [3.8, 4) is 5.75 Å². The lowest BCUT2D eigenvalue weighted by Gasteiger charge is -2.44. The number of hydrogen-bond donors (Lipinski definition) is 1. The second kappa shape index (κ2) is 16.3. The molecule has 0 unspecified atom stereocenters. The number of aryl methyl sites for hydroxylation is 1. The normalized spacial score (nSPS) is 21.5. The number of unbranched alkanes of at least 4 members (excludes halogenated alkanes) is 2. The number of nitrogens with zero attached hydrogens (tertiary/aromatic N) is 3. The lowest BCUT2D eigenvalue weighted by molar-refractivity contribution is -0.211. The molecule has 2 aromatic rings. The van der Waals surface area contributed by atoms with Gasteiger partial charge in [-0.25, -0.2) is 0 Å². The van der Waals surface area contributed by atoms with E-state index in [1.807, 2.05) is 35.8 Å². The summed E-state index contributed by atoms with van der Waals surface area (Å²) >= 11 is 1.16. The van der Waals surface area contributed by atoms with Gasteiger partial charge >= 0.3 is 17.9 Å². The Labute approximate surface area is 255 Å². The Morgan fingerprint density at radius 1 is 1.00 bits per heavy atom. The highest BCUT2D eigenvalue weighted by Crippen LogP contribution is 2.36. The zero-order chi connectivity index (χ0) is 31.5. The lowest BCUT2D eigenvalue weighted by atomic mass is 9.97. The summed E-state index contributed by atoms with van der Waals surface area (Å²) in [6.07, 6.45) is -0.485. The van der Waals surface area contributed by atoms with Gasteiger partial charge in [-0.05, 0) is 31.0 Å². The number of benzene rings is 1. The molecule has 236 valence electrons. The fourth-order valence-electron chi connectivity index (χ4n) is 4.61. The Morgan fingerprint density at radius 3 is 2.35 bits per heavy atom. The van der Waals surface area contributed by atoms with Crippen molar-refractivity contribution in [2.75, 3.05) is 6.61 Å². The van der Waals surface area contributed by atoms with E-state index in [9.17, 15) is 19.2 Å². The molecular weight excluding hydrogens is 580 g/mol. The highest BCUT2D eigenvalue weighted by atomic mass is 32.2. The molecule has 1 fully saturated rings. The van der Waals surface area contributed by atoms with Gasteiger partial charge in [-0.3, -0.25) is 19.2 Å². The molecule has 13 nitrogen and oxygen atoms in total. The maximum Gasteiger partial charge on any atom is 0.303 e. The maximum atomic E-state index is 12.3. The molecule has 0 aliphatic carbocycles. The summed E-state index contributed by atoms with van der Waals surface area (Å²) < 4.78 is 30.5. The highest BCUT2D eigenvalue weighted by Gasteiger charge is 2.51. The van der Waals surface area contributed by atoms with E-state index in [-0.39, 0.29) is 13.2 Å². The molecule has 1 saturated heterocycles. The predicted octanol–water partition coefficient (Wildman–Crippen LogP) is 3.10. The molecule has 0 bridgehead atoms. The third-order valence-electron chi connectivity index (χ3n) is 6.43. The summed E-state index contributed by atoms with van der Waals surface area (Å²) in [4.78, 5) is 48.2. The largest absolute Gasteiger partial charge is 0.486 e. The smallest absolute Gasteiger partial charge is 0.303 e. The standard InChI is InChI=1S/C29H40N4O9S/c1-7-8-9-13-33-24(16-39-22-12-10-11-17(2)14-22)31-32-29(33)43-28-25(30-18(3)34)27(41-21(6)37)26(40-20(5)36)23(42-28)15-38-19(4)35/h10-12,14,23,25-28H,7-9,13,15-16H2,1-6H3,(H,30,34)/t23-,25-,26+,27-,28+/m1/s1. The summed E-state index contributed by atoms with van der Waals surface area (Å²) in [5.41, 5.74) is 0.162. The van der Waals surface area contributed by atoms with E-state index in [2.05, 4.69) is 22.4 Å². The number of carbonyl (C=O) groups is 4. The molecule has 2 heterocycles. The van der Waals surface area contributed by atoms with E-state index in [1.54, 1.807) is 0 Å². The van der Waals surface area contributed by atoms with Crippen LogP contribution in [0.3, 0.4) is 0 Å². The summed E-state index contributed by atoms with van der Waals surface area (Å²) in [5, 5.41) is 12.1.